The average molecular weight is 345 g/mol. The van der Waals surface area contributed by atoms with Crippen molar-refractivity contribution < 1.29 is 0 Å². The Morgan fingerprint density at radius 2 is 1.72 bits per heavy atom. The molecule has 25 heavy (non-hydrogen) atoms. The summed E-state index contributed by atoms with van der Waals surface area (Å²) in [6.07, 6.45) is 3.37. The molecule has 0 unspecified atom stereocenters. The van der Waals surface area contributed by atoms with Crippen molar-refractivity contribution in [1.29, 1.82) is 10.5 Å². The zero-order valence-electron chi connectivity index (χ0n) is 13.2. The van der Waals surface area contributed by atoms with Crippen LogP contribution in [0.2, 0.25) is 5.02 Å². The Kier molecular flexibility index (Phi) is 4.95. The Bertz CT molecular complexity index is 988. The molecule has 2 aromatic carbocycles. The number of benzene rings is 2. The van der Waals surface area contributed by atoms with E-state index < -0.39 is 0 Å². The van der Waals surface area contributed by atoms with E-state index in [0.29, 0.717) is 11.6 Å². The van der Waals surface area contributed by atoms with Gasteiger partial charge in [0.15, 0.2) is 0 Å². The Morgan fingerprint density at radius 1 is 1.04 bits per heavy atom. The van der Waals surface area contributed by atoms with Crippen LogP contribution in [-0.2, 0) is 6.54 Å². The van der Waals surface area contributed by atoms with Gasteiger partial charge >= 0.3 is 0 Å². The number of hydrogen-bond donors (Lipinski definition) is 0. The van der Waals surface area contributed by atoms with Crippen molar-refractivity contribution in [1.82, 2.24) is 9.78 Å². The summed E-state index contributed by atoms with van der Waals surface area (Å²) in [4.78, 5) is 0. The summed E-state index contributed by atoms with van der Waals surface area (Å²) in [7, 11) is 0. The van der Waals surface area contributed by atoms with E-state index in [9.17, 15) is 0 Å². The van der Waals surface area contributed by atoms with E-state index in [0.717, 1.165) is 22.4 Å². The summed E-state index contributed by atoms with van der Waals surface area (Å²) >= 11 is 6.23. The molecule has 3 aromatic rings. The fraction of sp³-hybridized carbons (Fsp3) is 0.0500. The molecular formula is C20H13ClN4. The van der Waals surface area contributed by atoms with Gasteiger partial charge in [-0.1, -0.05) is 60.1 Å². The van der Waals surface area contributed by atoms with E-state index in [1.54, 1.807) is 10.8 Å². The number of rotatable bonds is 4. The summed E-state index contributed by atoms with van der Waals surface area (Å²) in [5.74, 6) is 0. The molecule has 0 aliphatic rings. The van der Waals surface area contributed by atoms with E-state index in [1.165, 1.54) is 0 Å². The lowest BCUT2D eigenvalue weighted by Crippen LogP contribution is -2.00. The molecule has 0 aliphatic heterocycles. The number of allylic oxidation sites excluding steroid dienone is 1. The molecule has 0 saturated carbocycles. The second-order valence-electron chi connectivity index (χ2n) is 5.37. The highest BCUT2D eigenvalue weighted by molar-refractivity contribution is 6.31. The Morgan fingerprint density at radius 3 is 2.40 bits per heavy atom. The van der Waals surface area contributed by atoms with Crippen LogP contribution in [0, 0.1) is 22.7 Å². The molecule has 1 aromatic heterocycles. The molecule has 0 spiro atoms. The molecular weight excluding hydrogens is 332 g/mol. The summed E-state index contributed by atoms with van der Waals surface area (Å²) in [6.45, 7) is 0.502. The van der Waals surface area contributed by atoms with E-state index >= 15 is 0 Å². The number of aromatic nitrogens is 2. The normalized spacial score (nSPS) is 9.88. The highest BCUT2D eigenvalue weighted by Crippen LogP contribution is 2.25. The van der Waals surface area contributed by atoms with Crippen LogP contribution in [0.25, 0.3) is 17.3 Å². The fourth-order valence-electron chi connectivity index (χ4n) is 2.49. The van der Waals surface area contributed by atoms with Crippen LogP contribution in [0.1, 0.15) is 11.1 Å². The van der Waals surface area contributed by atoms with Crippen molar-refractivity contribution in [3.63, 3.8) is 0 Å². The van der Waals surface area contributed by atoms with Crippen LogP contribution < -0.4 is 0 Å². The first kappa shape index (κ1) is 16.5. The Hall–Kier alpha value is -3.34. The minimum absolute atomic E-state index is 0.0366. The Balaban J connectivity index is 2.06. The largest absolute Gasteiger partial charge is 0.267 e. The van der Waals surface area contributed by atoms with Gasteiger partial charge in [0.1, 0.15) is 17.7 Å². The number of hydrogen-bond acceptors (Lipinski definition) is 3. The van der Waals surface area contributed by atoms with Gasteiger partial charge in [-0.2, -0.15) is 15.6 Å². The third-order valence-electron chi connectivity index (χ3n) is 3.67. The van der Waals surface area contributed by atoms with Gasteiger partial charge in [0, 0.05) is 22.3 Å². The van der Waals surface area contributed by atoms with Crippen molar-refractivity contribution in [2.45, 2.75) is 6.54 Å². The van der Waals surface area contributed by atoms with Gasteiger partial charge in [0.25, 0.3) is 0 Å². The minimum Gasteiger partial charge on any atom is -0.267 e. The predicted molar refractivity (Wildman–Crippen MR) is 97.4 cm³/mol. The first-order valence-corrected chi connectivity index (χ1v) is 7.97. The van der Waals surface area contributed by atoms with Crippen LogP contribution >= 0.6 is 11.6 Å². The topological polar surface area (TPSA) is 65.4 Å². The molecule has 0 atom stereocenters. The number of nitrogens with zero attached hydrogens (tertiary/aromatic N) is 4. The zero-order valence-corrected chi connectivity index (χ0v) is 14.0. The molecule has 0 saturated heterocycles. The van der Waals surface area contributed by atoms with Crippen molar-refractivity contribution in [2.24, 2.45) is 0 Å². The summed E-state index contributed by atoms with van der Waals surface area (Å²) < 4.78 is 1.77. The van der Waals surface area contributed by atoms with E-state index in [1.807, 2.05) is 72.9 Å². The van der Waals surface area contributed by atoms with Gasteiger partial charge in [-0.25, -0.2) is 0 Å². The zero-order chi connectivity index (χ0) is 17.6. The standard InChI is InChI=1S/C20H13ClN4/c21-19-9-5-4-8-17(19)13-25-14-18(10-15(11-22)12-23)20(24-25)16-6-2-1-3-7-16/h1-10,14H,13H2. The van der Waals surface area contributed by atoms with Crippen molar-refractivity contribution in [2.75, 3.05) is 0 Å². The molecule has 120 valence electrons. The third kappa shape index (κ3) is 3.77. The fourth-order valence-corrected chi connectivity index (χ4v) is 2.69. The molecule has 5 heteroatoms. The molecule has 0 fully saturated rings. The lowest BCUT2D eigenvalue weighted by atomic mass is 10.1. The average Bonchev–Trinajstić information content (AvgIpc) is 3.04. The van der Waals surface area contributed by atoms with E-state index in [-0.39, 0.29) is 5.57 Å². The quantitative estimate of drug-likeness (QED) is 0.645. The number of nitriles is 2. The second-order valence-corrected chi connectivity index (χ2v) is 5.78. The van der Waals surface area contributed by atoms with Crippen molar-refractivity contribution >= 4 is 17.7 Å². The van der Waals surface area contributed by atoms with Crippen LogP contribution in [0.15, 0.2) is 66.4 Å². The van der Waals surface area contributed by atoms with Gasteiger partial charge in [-0.3, -0.25) is 4.68 Å². The number of halogens is 1. The van der Waals surface area contributed by atoms with Gasteiger partial charge in [-0.05, 0) is 17.7 Å². The highest BCUT2D eigenvalue weighted by Gasteiger charge is 2.11. The molecule has 0 radical (unpaired) electrons. The molecule has 0 N–H and O–H groups in total. The molecule has 4 nitrogen and oxygen atoms in total. The minimum atomic E-state index is 0.0366. The lowest BCUT2D eigenvalue weighted by Gasteiger charge is -2.04. The maximum Gasteiger partial charge on any atom is 0.130 e. The van der Waals surface area contributed by atoms with Crippen molar-refractivity contribution in [3.8, 4) is 23.4 Å². The van der Waals surface area contributed by atoms with Crippen LogP contribution in [0.4, 0.5) is 0 Å². The molecule has 0 bridgehead atoms. The summed E-state index contributed by atoms with van der Waals surface area (Å²) in [5.41, 5.74) is 3.34. The molecule has 3 rings (SSSR count). The van der Waals surface area contributed by atoms with E-state index in [4.69, 9.17) is 22.1 Å². The van der Waals surface area contributed by atoms with Gasteiger partial charge in [-0.15, -0.1) is 0 Å². The summed E-state index contributed by atoms with van der Waals surface area (Å²) in [5, 5.41) is 23.4. The highest BCUT2D eigenvalue weighted by atomic mass is 35.5. The van der Waals surface area contributed by atoms with Gasteiger partial charge in [0.2, 0.25) is 0 Å². The van der Waals surface area contributed by atoms with Crippen LogP contribution in [-0.4, -0.2) is 9.78 Å². The third-order valence-corrected chi connectivity index (χ3v) is 4.04. The maximum absolute atomic E-state index is 9.04. The maximum atomic E-state index is 9.04. The van der Waals surface area contributed by atoms with Crippen LogP contribution in [0.5, 0.6) is 0 Å². The second kappa shape index (κ2) is 7.49. The lowest BCUT2D eigenvalue weighted by molar-refractivity contribution is 0.689. The van der Waals surface area contributed by atoms with Gasteiger partial charge in [0.05, 0.1) is 12.2 Å². The monoisotopic (exact) mass is 344 g/mol. The van der Waals surface area contributed by atoms with Crippen LogP contribution in [0.3, 0.4) is 0 Å². The first-order valence-electron chi connectivity index (χ1n) is 7.59. The first-order chi connectivity index (χ1) is 12.2. The molecule has 0 amide bonds. The van der Waals surface area contributed by atoms with Gasteiger partial charge < -0.3 is 0 Å². The van der Waals surface area contributed by atoms with Crippen molar-refractivity contribution in [3.05, 3.63) is 82.5 Å². The SMILES string of the molecule is N#CC(C#N)=Cc1cn(Cc2ccccc2Cl)nc1-c1ccccc1. The predicted octanol–water partition coefficient (Wildman–Crippen LogP) is 4.68. The summed E-state index contributed by atoms with van der Waals surface area (Å²) in [6, 6.07) is 21.0. The molecule has 0 aliphatic carbocycles. The smallest absolute Gasteiger partial charge is 0.130 e. The Labute approximate surface area is 150 Å². The van der Waals surface area contributed by atoms with E-state index in [2.05, 4.69) is 5.10 Å². The molecule has 1 heterocycles.